The largest absolute Gasteiger partial charge is 0.359 e. The molecule has 9 heteroatoms. The zero-order valence-corrected chi connectivity index (χ0v) is 14.4. The molecule has 0 atom stereocenters. The highest BCUT2D eigenvalue weighted by Gasteiger charge is 2.20. The molecule has 0 spiro atoms. The highest BCUT2D eigenvalue weighted by molar-refractivity contribution is 7.89. The zero-order chi connectivity index (χ0) is 18.0. The molecule has 0 saturated carbocycles. The molecule has 3 rings (SSSR count). The van der Waals surface area contributed by atoms with Gasteiger partial charge in [-0.25, -0.2) is 0 Å². The predicted octanol–water partition coefficient (Wildman–Crippen LogP) is 1.65. The maximum absolute atomic E-state index is 12.5. The van der Waals surface area contributed by atoms with Crippen LogP contribution in [-0.4, -0.2) is 28.7 Å². The number of aryl methyl sites for hydroxylation is 2. The molecule has 1 amide bonds. The minimum Gasteiger partial charge on any atom is -0.359 e. The number of nitrogens with one attached hydrogen (secondary N) is 1. The molecule has 25 heavy (non-hydrogen) atoms. The van der Waals surface area contributed by atoms with E-state index in [0.29, 0.717) is 11.5 Å². The Morgan fingerprint density at radius 1 is 1.20 bits per heavy atom. The molecule has 1 aromatic carbocycles. The van der Waals surface area contributed by atoms with Crippen LogP contribution < -0.4 is 5.32 Å². The monoisotopic (exact) mass is 360 g/mol. The van der Waals surface area contributed by atoms with Crippen LogP contribution in [0.25, 0.3) is 0 Å². The number of hydrogen-bond acceptors (Lipinski definition) is 6. The Morgan fingerprint density at radius 3 is 2.56 bits per heavy atom. The van der Waals surface area contributed by atoms with Crippen LogP contribution >= 0.6 is 0 Å². The Hall–Kier alpha value is -2.94. The van der Waals surface area contributed by atoms with E-state index in [0.717, 1.165) is 9.65 Å². The van der Waals surface area contributed by atoms with Gasteiger partial charge in [-0.15, -0.1) is 0 Å². The van der Waals surface area contributed by atoms with Crippen LogP contribution in [0.15, 0.2) is 52.0 Å². The van der Waals surface area contributed by atoms with E-state index in [1.165, 1.54) is 24.4 Å². The topological polar surface area (TPSA) is 107 Å². The van der Waals surface area contributed by atoms with Gasteiger partial charge in [-0.2, -0.15) is 17.6 Å². The summed E-state index contributed by atoms with van der Waals surface area (Å²) in [4.78, 5) is 12.2. The minimum atomic E-state index is -3.84. The van der Waals surface area contributed by atoms with E-state index < -0.39 is 15.9 Å². The molecule has 0 aliphatic rings. The average molecular weight is 360 g/mol. The number of benzene rings is 1. The second kappa shape index (κ2) is 6.52. The fourth-order valence-electron chi connectivity index (χ4n) is 2.14. The van der Waals surface area contributed by atoms with E-state index in [1.54, 1.807) is 25.1 Å². The summed E-state index contributed by atoms with van der Waals surface area (Å²) < 4.78 is 30.8. The summed E-state index contributed by atoms with van der Waals surface area (Å²) in [6.07, 6.45) is 1.24. The quantitative estimate of drug-likeness (QED) is 0.741. The number of rotatable bonds is 5. The van der Waals surface area contributed by atoms with Crippen molar-refractivity contribution in [3.63, 3.8) is 0 Å². The first-order valence-electron chi connectivity index (χ1n) is 7.44. The molecule has 0 unspecified atom stereocenters. The Kier molecular flexibility index (Phi) is 4.41. The summed E-state index contributed by atoms with van der Waals surface area (Å²) in [5, 5.41) is 10.2. The predicted molar refractivity (Wildman–Crippen MR) is 88.4 cm³/mol. The van der Waals surface area contributed by atoms with Crippen molar-refractivity contribution >= 4 is 15.9 Å². The lowest BCUT2D eigenvalue weighted by Crippen LogP contribution is -2.24. The first-order chi connectivity index (χ1) is 11.9. The van der Waals surface area contributed by atoms with Gasteiger partial charge < -0.3 is 9.84 Å². The lowest BCUT2D eigenvalue weighted by Gasteiger charge is -2.04. The third-order valence-electron chi connectivity index (χ3n) is 3.46. The van der Waals surface area contributed by atoms with Gasteiger partial charge in [0.05, 0.1) is 17.1 Å². The molecule has 0 bridgehead atoms. The van der Waals surface area contributed by atoms with Gasteiger partial charge in [0.2, 0.25) is 0 Å². The lowest BCUT2D eigenvalue weighted by atomic mass is 10.2. The van der Waals surface area contributed by atoms with Gasteiger partial charge in [0.1, 0.15) is 0 Å². The Balaban J connectivity index is 1.75. The van der Waals surface area contributed by atoms with Crippen molar-refractivity contribution in [1.29, 1.82) is 0 Å². The molecule has 2 aromatic heterocycles. The summed E-state index contributed by atoms with van der Waals surface area (Å²) >= 11 is 0. The summed E-state index contributed by atoms with van der Waals surface area (Å²) in [5.41, 5.74) is 1.65. The second-order valence-electron chi connectivity index (χ2n) is 5.51. The molecular weight excluding hydrogens is 344 g/mol. The lowest BCUT2D eigenvalue weighted by molar-refractivity contribution is 0.0942. The number of aromatic nitrogens is 3. The standard InChI is InChI=1S/C16H16N4O4S/c1-11-3-5-14(6-4-11)25(22,23)20-8-7-15(18-20)16(21)17-10-13-9-12(2)19-24-13/h3-9H,10H2,1-2H3,(H,17,21). The second-order valence-corrected chi connectivity index (χ2v) is 7.30. The molecule has 8 nitrogen and oxygen atoms in total. The van der Waals surface area contributed by atoms with Crippen molar-refractivity contribution in [3.8, 4) is 0 Å². The molecule has 1 N–H and O–H groups in total. The SMILES string of the molecule is Cc1ccc(S(=O)(=O)n2ccc(C(=O)NCc3cc(C)no3)n2)cc1. The summed E-state index contributed by atoms with van der Waals surface area (Å²) in [7, 11) is -3.84. The minimum absolute atomic E-state index is 0.00748. The van der Waals surface area contributed by atoms with Gasteiger partial charge in [-0.05, 0) is 32.0 Å². The summed E-state index contributed by atoms with van der Waals surface area (Å²) in [6, 6.07) is 9.43. The van der Waals surface area contributed by atoms with Crippen LogP contribution in [0.2, 0.25) is 0 Å². The molecule has 0 saturated heterocycles. The van der Waals surface area contributed by atoms with Gasteiger partial charge in [0.25, 0.3) is 15.9 Å². The average Bonchev–Trinajstić information content (AvgIpc) is 3.22. The van der Waals surface area contributed by atoms with Crippen LogP contribution in [-0.2, 0) is 16.6 Å². The van der Waals surface area contributed by atoms with Gasteiger partial charge in [0, 0.05) is 12.3 Å². The molecule has 0 fully saturated rings. The van der Waals surface area contributed by atoms with E-state index >= 15 is 0 Å². The van der Waals surface area contributed by atoms with Gasteiger partial charge >= 0.3 is 0 Å². The highest BCUT2D eigenvalue weighted by atomic mass is 32.2. The van der Waals surface area contributed by atoms with Crippen molar-refractivity contribution in [2.75, 3.05) is 0 Å². The van der Waals surface area contributed by atoms with Gasteiger partial charge in [-0.3, -0.25) is 4.79 Å². The first-order valence-corrected chi connectivity index (χ1v) is 8.88. The highest BCUT2D eigenvalue weighted by Crippen LogP contribution is 2.14. The Bertz CT molecular complexity index is 1000. The van der Waals surface area contributed by atoms with Crippen molar-refractivity contribution < 1.29 is 17.7 Å². The van der Waals surface area contributed by atoms with E-state index in [1.807, 2.05) is 6.92 Å². The zero-order valence-electron chi connectivity index (χ0n) is 13.6. The first kappa shape index (κ1) is 16.9. The number of nitrogens with zero attached hydrogens (tertiary/aromatic N) is 3. The summed E-state index contributed by atoms with van der Waals surface area (Å²) in [6.45, 7) is 3.77. The van der Waals surface area contributed by atoms with Gasteiger partial charge in [-0.1, -0.05) is 22.9 Å². The number of carbonyl (C=O) groups excluding carboxylic acids is 1. The smallest absolute Gasteiger partial charge is 0.282 e. The van der Waals surface area contributed by atoms with Crippen LogP contribution in [0, 0.1) is 13.8 Å². The Morgan fingerprint density at radius 2 is 1.92 bits per heavy atom. The van der Waals surface area contributed by atoms with Crippen LogP contribution in [0.4, 0.5) is 0 Å². The molecule has 0 aliphatic carbocycles. The Labute approximate surface area is 144 Å². The van der Waals surface area contributed by atoms with Crippen molar-refractivity contribution in [3.05, 3.63) is 65.3 Å². The molecular formula is C16H16N4O4S. The van der Waals surface area contributed by atoms with E-state index in [9.17, 15) is 13.2 Å². The maximum Gasteiger partial charge on any atom is 0.282 e. The molecule has 130 valence electrons. The van der Waals surface area contributed by atoms with Crippen molar-refractivity contribution in [2.45, 2.75) is 25.3 Å². The van der Waals surface area contributed by atoms with E-state index in [4.69, 9.17) is 4.52 Å². The van der Waals surface area contributed by atoms with Crippen molar-refractivity contribution in [2.24, 2.45) is 0 Å². The van der Waals surface area contributed by atoms with E-state index in [-0.39, 0.29) is 17.1 Å². The van der Waals surface area contributed by atoms with Crippen LogP contribution in [0.1, 0.15) is 27.5 Å². The fourth-order valence-corrected chi connectivity index (χ4v) is 3.25. The molecule has 2 heterocycles. The van der Waals surface area contributed by atoms with E-state index in [2.05, 4.69) is 15.6 Å². The third kappa shape index (κ3) is 3.61. The molecule has 0 radical (unpaired) electrons. The van der Waals surface area contributed by atoms with Crippen molar-refractivity contribution in [1.82, 2.24) is 19.7 Å². The van der Waals surface area contributed by atoms with Gasteiger partial charge in [0.15, 0.2) is 11.5 Å². The summed E-state index contributed by atoms with van der Waals surface area (Å²) in [5.74, 6) is -0.00975. The number of carbonyl (C=O) groups is 1. The number of amides is 1. The molecule has 0 aliphatic heterocycles. The fraction of sp³-hybridized carbons (Fsp3) is 0.188. The molecule has 3 aromatic rings. The third-order valence-corrected chi connectivity index (χ3v) is 5.03. The van der Waals surface area contributed by atoms with Crippen LogP contribution in [0.3, 0.4) is 0 Å². The maximum atomic E-state index is 12.5. The normalized spacial score (nSPS) is 11.4. The van der Waals surface area contributed by atoms with Crippen LogP contribution in [0.5, 0.6) is 0 Å². The number of hydrogen-bond donors (Lipinski definition) is 1.